The Morgan fingerprint density at radius 3 is 2.53 bits per heavy atom. The first kappa shape index (κ1) is 13.4. The number of rotatable bonds is 5. The predicted molar refractivity (Wildman–Crippen MR) is 75.5 cm³/mol. The lowest BCUT2D eigenvalue weighted by Crippen LogP contribution is -2.22. The number of nitrogens with zero attached hydrogens (tertiary/aromatic N) is 1. The minimum Gasteiger partial charge on any atom is -0.419 e. The summed E-state index contributed by atoms with van der Waals surface area (Å²) < 4.78 is 0. The molecule has 1 aromatic carbocycles. The summed E-state index contributed by atoms with van der Waals surface area (Å²) in [4.78, 5) is 1.76. The first-order valence-corrected chi connectivity index (χ1v) is 5.75. The zero-order valence-electron chi connectivity index (χ0n) is 10.5. The van der Waals surface area contributed by atoms with Crippen molar-refractivity contribution >= 4 is 7.98 Å². The molecule has 1 nitrogen and oxygen atoms in total. The van der Waals surface area contributed by atoms with Gasteiger partial charge in [-0.2, -0.15) is 0 Å². The fourth-order valence-electron chi connectivity index (χ4n) is 1.61. The second kappa shape index (κ2) is 6.79. The average molecular weight is 223 g/mol. The van der Waals surface area contributed by atoms with E-state index >= 15 is 0 Å². The van der Waals surface area contributed by atoms with Crippen molar-refractivity contribution in [2.45, 2.75) is 19.9 Å². The van der Waals surface area contributed by atoms with Gasteiger partial charge in [0.1, 0.15) is 0 Å². The van der Waals surface area contributed by atoms with Crippen LogP contribution in [0.15, 0.2) is 66.9 Å². The molecule has 0 N–H and O–H groups in total. The van der Waals surface area contributed by atoms with Crippen molar-refractivity contribution in [3.05, 3.63) is 72.5 Å². The maximum Gasteiger partial charge on any atom is 0.227 e. The third-order valence-corrected chi connectivity index (χ3v) is 2.70. The van der Waals surface area contributed by atoms with Crippen LogP contribution in [0.25, 0.3) is 0 Å². The number of hydrogen-bond donors (Lipinski definition) is 0. The van der Waals surface area contributed by atoms with Crippen LogP contribution in [0.1, 0.15) is 25.5 Å². The molecule has 0 bridgehead atoms. The van der Waals surface area contributed by atoms with Crippen LogP contribution in [-0.2, 0) is 0 Å². The van der Waals surface area contributed by atoms with Crippen molar-refractivity contribution in [3.8, 4) is 0 Å². The van der Waals surface area contributed by atoms with Gasteiger partial charge in [0, 0.05) is 11.7 Å². The van der Waals surface area contributed by atoms with Crippen LogP contribution in [-0.4, -0.2) is 12.8 Å². The zero-order valence-corrected chi connectivity index (χ0v) is 10.5. The van der Waals surface area contributed by atoms with Crippen LogP contribution in [0.2, 0.25) is 0 Å². The van der Waals surface area contributed by atoms with Crippen LogP contribution in [0.5, 0.6) is 0 Å². The Morgan fingerprint density at radius 2 is 2.00 bits per heavy atom. The van der Waals surface area contributed by atoms with Gasteiger partial charge in [0.2, 0.25) is 7.98 Å². The molecule has 0 aliphatic heterocycles. The third-order valence-electron chi connectivity index (χ3n) is 2.70. The molecule has 1 unspecified atom stereocenters. The Bertz CT molecular complexity index is 406. The maximum atomic E-state index is 6.12. The molecule has 86 valence electrons. The molecule has 0 saturated carbocycles. The second-order valence-corrected chi connectivity index (χ2v) is 3.80. The van der Waals surface area contributed by atoms with E-state index in [9.17, 15) is 0 Å². The molecule has 0 heterocycles. The molecule has 0 amide bonds. The van der Waals surface area contributed by atoms with Crippen LogP contribution in [0, 0.1) is 0 Å². The Hall–Kier alpha value is -1.70. The van der Waals surface area contributed by atoms with Gasteiger partial charge < -0.3 is 4.81 Å². The number of hydrogen-bond acceptors (Lipinski definition) is 1. The molecule has 0 aliphatic rings. The minimum absolute atomic E-state index is 0.136. The Labute approximate surface area is 106 Å². The molecule has 1 rings (SSSR count). The van der Waals surface area contributed by atoms with Gasteiger partial charge in [-0.25, -0.2) is 0 Å². The molecule has 1 aromatic rings. The topological polar surface area (TPSA) is 3.24 Å². The van der Waals surface area contributed by atoms with Gasteiger partial charge in [0.15, 0.2) is 0 Å². The third kappa shape index (κ3) is 3.67. The SMILES string of the molecule is [B]N(C(/C=C\C=C)=C/C)C(C)c1ccccc1. The fraction of sp³-hybridized carbons (Fsp3) is 0.200. The van der Waals surface area contributed by atoms with Crippen molar-refractivity contribution in [3.63, 3.8) is 0 Å². The molecule has 0 saturated heterocycles. The molecule has 0 fully saturated rings. The van der Waals surface area contributed by atoms with Crippen LogP contribution >= 0.6 is 0 Å². The Balaban J connectivity index is 2.85. The van der Waals surface area contributed by atoms with Gasteiger partial charge in [0.05, 0.1) is 0 Å². The van der Waals surface area contributed by atoms with E-state index in [1.54, 1.807) is 10.9 Å². The van der Waals surface area contributed by atoms with E-state index in [4.69, 9.17) is 7.98 Å². The van der Waals surface area contributed by atoms with Crippen LogP contribution in [0.4, 0.5) is 0 Å². The molecule has 17 heavy (non-hydrogen) atoms. The molecule has 0 spiro atoms. The number of benzene rings is 1. The summed E-state index contributed by atoms with van der Waals surface area (Å²) in [6.45, 7) is 7.71. The lowest BCUT2D eigenvalue weighted by atomic mass is 10.0. The van der Waals surface area contributed by atoms with E-state index in [1.165, 1.54) is 5.56 Å². The molecule has 1 atom stereocenters. The molecule has 2 radical (unpaired) electrons. The Morgan fingerprint density at radius 1 is 1.35 bits per heavy atom. The summed E-state index contributed by atoms with van der Waals surface area (Å²) in [6.07, 6.45) is 7.56. The van der Waals surface area contributed by atoms with Crippen molar-refractivity contribution in [1.82, 2.24) is 4.81 Å². The van der Waals surface area contributed by atoms with Crippen LogP contribution in [0.3, 0.4) is 0 Å². The quantitative estimate of drug-likeness (QED) is 0.542. The smallest absolute Gasteiger partial charge is 0.227 e. The highest BCUT2D eigenvalue weighted by molar-refractivity contribution is 6.06. The predicted octanol–water partition coefficient (Wildman–Crippen LogP) is 3.78. The van der Waals surface area contributed by atoms with E-state index in [0.29, 0.717) is 0 Å². The summed E-state index contributed by atoms with van der Waals surface area (Å²) in [5, 5.41) is 0. The van der Waals surface area contributed by atoms with E-state index in [1.807, 2.05) is 43.4 Å². The Kier molecular flexibility index (Phi) is 5.34. The number of allylic oxidation sites excluding steroid dienone is 4. The van der Waals surface area contributed by atoms with Crippen molar-refractivity contribution in [2.75, 3.05) is 0 Å². The molecule has 0 aliphatic carbocycles. The molecule has 2 heteroatoms. The van der Waals surface area contributed by atoms with Gasteiger partial charge in [0.25, 0.3) is 0 Å². The van der Waals surface area contributed by atoms with Gasteiger partial charge >= 0.3 is 0 Å². The van der Waals surface area contributed by atoms with Crippen molar-refractivity contribution in [1.29, 1.82) is 0 Å². The largest absolute Gasteiger partial charge is 0.419 e. The zero-order chi connectivity index (χ0) is 12.7. The van der Waals surface area contributed by atoms with Gasteiger partial charge in [-0.3, -0.25) is 0 Å². The summed E-state index contributed by atoms with van der Waals surface area (Å²) in [5.41, 5.74) is 2.17. The second-order valence-electron chi connectivity index (χ2n) is 3.80. The lowest BCUT2D eigenvalue weighted by molar-refractivity contribution is 0.454. The van der Waals surface area contributed by atoms with Gasteiger partial charge in [-0.15, -0.1) is 0 Å². The highest BCUT2D eigenvalue weighted by Gasteiger charge is 2.11. The van der Waals surface area contributed by atoms with E-state index in [2.05, 4.69) is 25.6 Å². The van der Waals surface area contributed by atoms with Crippen LogP contribution < -0.4 is 0 Å². The van der Waals surface area contributed by atoms with E-state index in [-0.39, 0.29) is 6.04 Å². The summed E-state index contributed by atoms with van der Waals surface area (Å²) in [7, 11) is 6.12. The summed E-state index contributed by atoms with van der Waals surface area (Å²) >= 11 is 0. The van der Waals surface area contributed by atoms with Gasteiger partial charge in [-0.05, 0) is 25.5 Å². The first-order valence-electron chi connectivity index (χ1n) is 5.75. The molecule has 0 aromatic heterocycles. The normalized spacial score (nSPS) is 13.6. The van der Waals surface area contributed by atoms with Crippen molar-refractivity contribution < 1.29 is 0 Å². The summed E-state index contributed by atoms with van der Waals surface area (Å²) in [6, 6.07) is 10.3. The fourth-order valence-corrected chi connectivity index (χ4v) is 1.61. The standard InChI is InChI=1S/C15H18BN/c1-4-6-12-15(5-2)17(16)13(3)14-10-8-7-9-11-14/h4-13H,1H2,2-3H3/b12-6-,15-5+. The van der Waals surface area contributed by atoms with Gasteiger partial charge in [-0.1, -0.05) is 55.1 Å². The monoisotopic (exact) mass is 223 g/mol. The minimum atomic E-state index is 0.136. The highest BCUT2D eigenvalue weighted by atomic mass is 15.1. The highest BCUT2D eigenvalue weighted by Crippen LogP contribution is 2.22. The first-order chi connectivity index (χ1) is 8.20. The van der Waals surface area contributed by atoms with Crippen molar-refractivity contribution in [2.24, 2.45) is 0 Å². The lowest BCUT2D eigenvalue weighted by Gasteiger charge is -2.29. The molecular weight excluding hydrogens is 205 g/mol. The summed E-state index contributed by atoms with van der Waals surface area (Å²) in [5.74, 6) is 0. The molecular formula is C15H18BN. The van der Waals surface area contributed by atoms with E-state index < -0.39 is 0 Å². The van der Waals surface area contributed by atoms with E-state index in [0.717, 1.165) is 5.70 Å². The maximum absolute atomic E-state index is 6.12. The average Bonchev–Trinajstić information content (AvgIpc) is 2.39.